The van der Waals surface area contributed by atoms with Crippen LogP contribution in [0.1, 0.15) is 45.7 Å². The van der Waals surface area contributed by atoms with Crippen molar-refractivity contribution in [2.45, 2.75) is 52.2 Å². The largest absolute Gasteiger partial charge is 0.468 e. The number of benzene rings is 3. The molecular formula is C35H39NO3. The Labute approximate surface area is 232 Å². The molecule has 0 spiro atoms. The van der Waals surface area contributed by atoms with Gasteiger partial charge in [0.25, 0.3) is 6.47 Å². The summed E-state index contributed by atoms with van der Waals surface area (Å²) in [5.41, 5.74) is 6.55. The van der Waals surface area contributed by atoms with Gasteiger partial charge in [0.1, 0.15) is 0 Å². The minimum atomic E-state index is -0.905. The third-order valence-electron chi connectivity index (χ3n) is 7.32. The number of aromatic nitrogens is 1. The van der Waals surface area contributed by atoms with Crippen molar-refractivity contribution in [3.05, 3.63) is 114 Å². The molecule has 1 N–H and O–H groups in total. The van der Waals surface area contributed by atoms with E-state index in [2.05, 4.69) is 115 Å². The first-order valence-electron chi connectivity index (χ1n) is 13.6. The fourth-order valence-corrected chi connectivity index (χ4v) is 4.94. The van der Waals surface area contributed by atoms with E-state index in [0.29, 0.717) is 19.6 Å². The maximum atomic E-state index is 11.2. The van der Waals surface area contributed by atoms with Crippen LogP contribution in [0.25, 0.3) is 27.6 Å². The number of ether oxygens (including phenoxy) is 1. The summed E-state index contributed by atoms with van der Waals surface area (Å²) >= 11 is 0. The highest BCUT2D eigenvalue weighted by molar-refractivity contribution is 5.96. The summed E-state index contributed by atoms with van der Waals surface area (Å²) in [5.74, 6) is -0.0420. The average Bonchev–Trinajstić information content (AvgIpc) is 3.29. The fraction of sp³-hybridized carbons (Fsp3) is 0.286. The van der Waals surface area contributed by atoms with E-state index >= 15 is 0 Å². The van der Waals surface area contributed by atoms with Crippen molar-refractivity contribution >= 4 is 22.9 Å². The first-order chi connectivity index (χ1) is 18.6. The predicted octanol–water partition coefficient (Wildman–Crippen LogP) is 7.81. The Bertz CT molecular complexity index is 1450. The number of para-hydroxylation sites is 1. The van der Waals surface area contributed by atoms with Crippen molar-refractivity contribution < 1.29 is 14.6 Å². The number of nitrogens with zero attached hydrogens (tertiary/aromatic N) is 1. The van der Waals surface area contributed by atoms with Crippen molar-refractivity contribution in [2.24, 2.45) is 5.92 Å². The molecule has 4 aromatic rings. The van der Waals surface area contributed by atoms with Crippen LogP contribution in [0.3, 0.4) is 0 Å². The van der Waals surface area contributed by atoms with E-state index in [0.717, 1.165) is 5.57 Å². The van der Waals surface area contributed by atoms with E-state index in [1.165, 1.54) is 33.2 Å². The van der Waals surface area contributed by atoms with Gasteiger partial charge in [-0.15, -0.1) is 0 Å². The summed E-state index contributed by atoms with van der Waals surface area (Å²) in [7, 11) is 0. The molecule has 1 aliphatic carbocycles. The topological polar surface area (TPSA) is 51.5 Å². The van der Waals surface area contributed by atoms with Gasteiger partial charge in [-0.25, -0.2) is 0 Å². The maximum absolute atomic E-state index is 11.2. The second-order valence-corrected chi connectivity index (χ2v) is 11.2. The molecular weight excluding hydrogens is 482 g/mol. The molecule has 0 bridgehead atoms. The summed E-state index contributed by atoms with van der Waals surface area (Å²) in [6.45, 7) is 12.0. The van der Waals surface area contributed by atoms with Crippen LogP contribution in [-0.4, -0.2) is 28.4 Å². The molecule has 0 aliphatic heterocycles. The standard InChI is InChI=1S/C32H33NO.C3H6O2/c1-31(2,3)26-16-14-24(15-17-26)29-22-33(30-13-9-8-12-28(29)30)21-27-20-25(18-19-32(27,4)34)23-10-6-5-7-11-23;1-2-5-3-4/h5-20,22,27,34H,21H2,1-4H3;3H,2H2,1H3. The number of carbonyl (C=O) groups is 1. The van der Waals surface area contributed by atoms with Gasteiger partial charge in [-0.1, -0.05) is 112 Å². The second kappa shape index (κ2) is 11.9. The van der Waals surface area contributed by atoms with Crippen LogP contribution >= 0.6 is 0 Å². The Morgan fingerprint density at radius 3 is 2.23 bits per heavy atom. The third-order valence-corrected chi connectivity index (χ3v) is 7.32. The molecule has 4 heteroatoms. The van der Waals surface area contributed by atoms with Crippen molar-refractivity contribution in [1.29, 1.82) is 0 Å². The van der Waals surface area contributed by atoms with E-state index in [1.54, 1.807) is 6.92 Å². The van der Waals surface area contributed by atoms with E-state index in [9.17, 15) is 9.90 Å². The molecule has 0 radical (unpaired) electrons. The van der Waals surface area contributed by atoms with Crippen molar-refractivity contribution in [3.63, 3.8) is 0 Å². The molecule has 2 atom stereocenters. The summed E-state index contributed by atoms with van der Waals surface area (Å²) in [6.07, 6.45) is 8.46. The zero-order valence-corrected chi connectivity index (χ0v) is 23.6. The molecule has 2 unspecified atom stereocenters. The molecule has 5 rings (SSSR count). The third kappa shape index (κ3) is 6.58. The van der Waals surface area contributed by atoms with Gasteiger partial charge >= 0.3 is 0 Å². The lowest BCUT2D eigenvalue weighted by molar-refractivity contribution is -0.128. The average molecular weight is 522 g/mol. The molecule has 1 heterocycles. The Hall–Kier alpha value is -3.89. The summed E-state index contributed by atoms with van der Waals surface area (Å²) in [4.78, 5) is 9.18. The molecule has 3 aromatic carbocycles. The zero-order valence-electron chi connectivity index (χ0n) is 23.6. The summed E-state index contributed by atoms with van der Waals surface area (Å²) in [5, 5.41) is 12.5. The van der Waals surface area contributed by atoms with E-state index in [1.807, 2.05) is 25.1 Å². The lowest BCUT2D eigenvalue weighted by Crippen LogP contribution is -2.35. The van der Waals surface area contributed by atoms with Gasteiger partial charge < -0.3 is 14.4 Å². The Balaban J connectivity index is 0.000000648. The number of allylic oxidation sites excluding steroid dienone is 2. The lowest BCUT2D eigenvalue weighted by Gasteiger charge is -2.32. The molecule has 39 heavy (non-hydrogen) atoms. The van der Waals surface area contributed by atoms with Crippen molar-refractivity contribution in [3.8, 4) is 11.1 Å². The van der Waals surface area contributed by atoms with Crippen LogP contribution in [0.5, 0.6) is 0 Å². The van der Waals surface area contributed by atoms with Crippen LogP contribution in [-0.2, 0) is 21.5 Å². The van der Waals surface area contributed by atoms with Gasteiger partial charge in [-0.3, -0.25) is 4.79 Å². The number of fused-ring (bicyclic) bond motifs is 1. The number of rotatable bonds is 6. The van der Waals surface area contributed by atoms with Gasteiger partial charge in [0.2, 0.25) is 0 Å². The molecule has 0 amide bonds. The maximum Gasteiger partial charge on any atom is 0.293 e. The molecule has 1 aromatic heterocycles. The highest BCUT2D eigenvalue weighted by Crippen LogP contribution is 2.36. The molecule has 4 nitrogen and oxygen atoms in total. The number of aliphatic hydroxyl groups is 1. The van der Waals surface area contributed by atoms with E-state index in [4.69, 9.17) is 0 Å². The fourth-order valence-electron chi connectivity index (χ4n) is 4.94. The predicted molar refractivity (Wildman–Crippen MR) is 161 cm³/mol. The minimum Gasteiger partial charge on any atom is -0.468 e. The smallest absolute Gasteiger partial charge is 0.293 e. The van der Waals surface area contributed by atoms with Gasteiger partial charge in [-0.2, -0.15) is 0 Å². The zero-order chi connectivity index (χ0) is 28.0. The summed E-state index contributed by atoms with van der Waals surface area (Å²) < 4.78 is 6.46. The van der Waals surface area contributed by atoms with Gasteiger partial charge in [-0.05, 0) is 47.6 Å². The first-order valence-corrected chi connectivity index (χ1v) is 13.6. The normalized spacial score (nSPS) is 18.7. The number of hydrogen-bond donors (Lipinski definition) is 1. The Morgan fingerprint density at radius 2 is 1.62 bits per heavy atom. The van der Waals surface area contributed by atoms with Gasteiger partial charge in [0.15, 0.2) is 0 Å². The van der Waals surface area contributed by atoms with Crippen LogP contribution in [0, 0.1) is 5.92 Å². The molecule has 1 aliphatic rings. The molecule has 202 valence electrons. The summed E-state index contributed by atoms with van der Waals surface area (Å²) in [6, 6.07) is 27.9. The van der Waals surface area contributed by atoms with E-state index < -0.39 is 5.60 Å². The van der Waals surface area contributed by atoms with Gasteiger partial charge in [0.05, 0.1) is 12.2 Å². The van der Waals surface area contributed by atoms with Crippen molar-refractivity contribution in [1.82, 2.24) is 4.57 Å². The van der Waals surface area contributed by atoms with E-state index in [-0.39, 0.29) is 11.3 Å². The monoisotopic (exact) mass is 521 g/mol. The molecule has 0 saturated heterocycles. The highest BCUT2D eigenvalue weighted by Gasteiger charge is 2.31. The Morgan fingerprint density at radius 1 is 0.949 bits per heavy atom. The quantitative estimate of drug-likeness (QED) is 0.263. The number of hydrogen-bond acceptors (Lipinski definition) is 3. The van der Waals surface area contributed by atoms with Crippen LogP contribution < -0.4 is 0 Å². The molecule has 0 fully saturated rings. The van der Waals surface area contributed by atoms with Crippen LogP contribution in [0.2, 0.25) is 0 Å². The second-order valence-electron chi connectivity index (χ2n) is 11.2. The minimum absolute atomic E-state index is 0.0420. The lowest BCUT2D eigenvalue weighted by atomic mass is 9.81. The Kier molecular flexibility index (Phi) is 8.57. The van der Waals surface area contributed by atoms with Crippen LogP contribution in [0.15, 0.2) is 103 Å². The molecule has 0 saturated carbocycles. The van der Waals surface area contributed by atoms with Crippen molar-refractivity contribution in [2.75, 3.05) is 6.61 Å². The SMILES string of the molecule is CC(C)(C)c1ccc(-c2cn(CC3C=C(c4ccccc4)C=CC3(C)O)c3ccccc23)cc1.CCOC=O. The highest BCUT2D eigenvalue weighted by atomic mass is 16.5. The first kappa shape index (κ1) is 28.1. The van der Waals surface area contributed by atoms with Crippen LogP contribution in [0.4, 0.5) is 0 Å². The number of carbonyl (C=O) groups excluding carboxylic acids is 1. The van der Waals surface area contributed by atoms with Gasteiger partial charge in [0, 0.05) is 35.1 Å².